The van der Waals surface area contributed by atoms with E-state index in [0.717, 1.165) is 42.1 Å². The molecule has 0 saturated heterocycles. The molecule has 0 aromatic carbocycles. The zero-order valence-corrected chi connectivity index (χ0v) is 27.2. The van der Waals surface area contributed by atoms with E-state index in [2.05, 4.69) is 41.0 Å². The lowest BCUT2D eigenvalue weighted by molar-refractivity contribution is -0.117. The molecule has 3 aromatic heterocycles. The van der Waals surface area contributed by atoms with Gasteiger partial charge >= 0.3 is 0 Å². The topological polar surface area (TPSA) is 183 Å². The van der Waals surface area contributed by atoms with Gasteiger partial charge in [0, 0.05) is 31.6 Å². The van der Waals surface area contributed by atoms with Crippen LogP contribution in [0.5, 0.6) is 5.75 Å². The van der Waals surface area contributed by atoms with Gasteiger partial charge in [-0.1, -0.05) is 29.1 Å². The summed E-state index contributed by atoms with van der Waals surface area (Å²) in [6, 6.07) is 3.39. The highest BCUT2D eigenvalue weighted by molar-refractivity contribution is 7.15. The van der Waals surface area contributed by atoms with Crippen LogP contribution in [0, 0.1) is 5.92 Å². The minimum atomic E-state index is -0.203. The number of allylic oxidation sites excluding steroid dienone is 1. The molecule has 2 amide bonds. The number of dihydropyridines is 1. The molecule has 0 bridgehead atoms. The van der Waals surface area contributed by atoms with Gasteiger partial charge in [-0.15, -0.1) is 20.4 Å². The molecule has 0 radical (unpaired) electrons. The molecule has 16 heteroatoms. The van der Waals surface area contributed by atoms with Gasteiger partial charge in [-0.05, 0) is 49.8 Å². The van der Waals surface area contributed by atoms with Gasteiger partial charge in [0.1, 0.15) is 34.7 Å². The van der Waals surface area contributed by atoms with Crippen molar-refractivity contribution in [2.75, 3.05) is 44.2 Å². The van der Waals surface area contributed by atoms with Crippen LogP contribution in [0.4, 0.5) is 10.3 Å². The van der Waals surface area contributed by atoms with Crippen LogP contribution in [-0.4, -0.2) is 88.1 Å². The number of anilines is 2. The minimum absolute atomic E-state index is 0.0587. The molecule has 3 atom stereocenters. The molecule has 1 aliphatic heterocycles. The van der Waals surface area contributed by atoms with Crippen molar-refractivity contribution >= 4 is 51.0 Å². The number of rotatable bonds is 16. The van der Waals surface area contributed by atoms with E-state index >= 15 is 0 Å². The number of carbonyl (C=O) groups excluding carboxylic acids is 2. The predicted molar refractivity (Wildman–Crippen MR) is 173 cm³/mol. The summed E-state index contributed by atoms with van der Waals surface area (Å²) in [5, 5.41) is 34.5. The minimum Gasteiger partial charge on any atom is -0.490 e. The van der Waals surface area contributed by atoms with E-state index in [4.69, 9.17) is 19.3 Å². The number of methoxy groups -OCH3 is 1. The Morgan fingerprint density at radius 1 is 1.00 bits per heavy atom. The Morgan fingerprint density at radius 3 is 2.63 bits per heavy atom. The van der Waals surface area contributed by atoms with Crippen molar-refractivity contribution in [1.29, 1.82) is 0 Å². The van der Waals surface area contributed by atoms with E-state index in [1.807, 2.05) is 6.08 Å². The zero-order valence-electron chi connectivity index (χ0n) is 25.6. The number of amides is 2. The fourth-order valence-electron chi connectivity index (χ4n) is 5.28. The van der Waals surface area contributed by atoms with Gasteiger partial charge in [-0.3, -0.25) is 19.6 Å². The van der Waals surface area contributed by atoms with Crippen LogP contribution in [0.15, 0.2) is 35.2 Å². The molecule has 0 spiro atoms. The summed E-state index contributed by atoms with van der Waals surface area (Å²) in [5.41, 5.74) is 0.631. The summed E-state index contributed by atoms with van der Waals surface area (Å²) in [4.78, 5) is 33.9. The van der Waals surface area contributed by atoms with E-state index in [1.165, 1.54) is 22.7 Å². The molecule has 3 aromatic rings. The van der Waals surface area contributed by atoms with Gasteiger partial charge in [0.25, 0.3) is 0 Å². The number of aliphatic imine (C=N–C) groups is 1. The van der Waals surface area contributed by atoms with E-state index in [0.29, 0.717) is 53.0 Å². The molecule has 1 saturated carbocycles. The molecule has 1 fully saturated rings. The van der Waals surface area contributed by atoms with Gasteiger partial charge in [0.05, 0.1) is 38.1 Å². The first-order chi connectivity index (χ1) is 22.5. The average molecular weight is 671 g/mol. The normalized spacial score (nSPS) is 19.3. The fourth-order valence-corrected chi connectivity index (χ4v) is 7.06. The van der Waals surface area contributed by atoms with E-state index < -0.39 is 0 Å². The molecule has 3 N–H and O–H groups in total. The first-order valence-corrected chi connectivity index (χ1v) is 16.9. The van der Waals surface area contributed by atoms with E-state index in [1.54, 1.807) is 31.7 Å². The maximum Gasteiger partial charge on any atom is 0.232 e. The molecule has 4 heterocycles. The largest absolute Gasteiger partial charge is 0.490 e. The Morgan fingerprint density at radius 2 is 1.85 bits per heavy atom. The van der Waals surface area contributed by atoms with Crippen molar-refractivity contribution in [3.05, 3.63) is 45.9 Å². The number of pyridine rings is 1. The van der Waals surface area contributed by atoms with Gasteiger partial charge in [0.15, 0.2) is 0 Å². The molecular weight excluding hydrogens is 633 g/mol. The first kappa shape index (κ1) is 33.5. The molecule has 2 aliphatic rings. The highest BCUT2D eigenvalue weighted by Crippen LogP contribution is 2.39. The van der Waals surface area contributed by atoms with Gasteiger partial charge < -0.3 is 30.0 Å². The van der Waals surface area contributed by atoms with Crippen LogP contribution in [0.3, 0.4) is 0 Å². The molecule has 246 valence electrons. The Labute approximate surface area is 274 Å². The molecule has 5 rings (SSSR count). The summed E-state index contributed by atoms with van der Waals surface area (Å²) in [5.74, 6) is 1.55. The van der Waals surface area contributed by atoms with Gasteiger partial charge in [-0.2, -0.15) is 0 Å². The van der Waals surface area contributed by atoms with Crippen molar-refractivity contribution in [3.63, 3.8) is 0 Å². The second-order valence-corrected chi connectivity index (χ2v) is 13.1. The van der Waals surface area contributed by atoms with Crippen LogP contribution in [0.2, 0.25) is 0 Å². The fraction of sp³-hybridized carbons (Fsp3) is 0.533. The Kier molecular flexibility index (Phi) is 12.5. The number of nitrogens with one attached hydrogen (secondary N) is 2. The van der Waals surface area contributed by atoms with Crippen molar-refractivity contribution in [1.82, 2.24) is 25.4 Å². The molecule has 3 unspecified atom stereocenters. The number of hydrogen-bond donors (Lipinski definition) is 3. The Balaban J connectivity index is 1.04. The summed E-state index contributed by atoms with van der Waals surface area (Å²) >= 11 is 2.82. The number of ether oxygens (including phenoxy) is 3. The SMILES string of the molecule is COCCOc1ccc(CC(=O)Nc2nnc(C3CCCC(Cc4nnc(NC(=O)CC5CC=C(OCCO)C=N5)s4)C3)s2)nc1. The van der Waals surface area contributed by atoms with Gasteiger partial charge in [-0.25, -0.2) is 0 Å². The van der Waals surface area contributed by atoms with Crippen LogP contribution >= 0.6 is 22.7 Å². The third-order valence-corrected chi connectivity index (χ3v) is 9.34. The maximum atomic E-state index is 12.6. The van der Waals surface area contributed by atoms with Crippen LogP contribution in [-0.2, 0) is 31.9 Å². The maximum absolute atomic E-state index is 12.6. The summed E-state index contributed by atoms with van der Waals surface area (Å²) in [6.45, 7) is 1.08. The third kappa shape index (κ3) is 10.3. The van der Waals surface area contributed by atoms with E-state index in [9.17, 15) is 9.59 Å². The summed E-state index contributed by atoms with van der Waals surface area (Å²) in [6.07, 6.45) is 10.9. The summed E-state index contributed by atoms with van der Waals surface area (Å²) in [7, 11) is 1.61. The molecule has 46 heavy (non-hydrogen) atoms. The number of hydrogen-bond acceptors (Lipinski definition) is 14. The number of carbonyl (C=O) groups is 2. The third-order valence-electron chi connectivity index (χ3n) is 7.48. The second kappa shape index (κ2) is 17.2. The van der Waals surface area contributed by atoms with Gasteiger partial charge in [0.2, 0.25) is 22.1 Å². The Hall–Kier alpha value is -3.86. The van der Waals surface area contributed by atoms with Crippen molar-refractivity contribution in [3.8, 4) is 5.75 Å². The van der Waals surface area contributed by atoms with Crippen LogP contribution < -0.4 is 15.4 Å². The first-order valence-electron chi connectivity index (χ1n) is 15.3. The highest BCUT2D eigenvalue weighted by atomic mass is 32.1. The van der Waals surface area contributed by atoms with Crippen molar-refractivity contribution < 1.29 is 28.9 Å². The lowest BCUT2D eigenvalue weighted by atomic mass is 9.80. The average Bonchev–Trinajstić information content (AvgIpc) is 3.71. The van der Waals surface area contributed by atoms with E-state index in [-0.39, 0.29) is 49.8 Å². The second-order valence-electron chi connectivity index (χ2n) is 11.0. The molecule has 14 nitrogen and oxygen atoms in total. The summed E-state index contributed by atoms with van der Waals surface area (Å²) < 4.78 is 15.8. The highest BCUT2D eigenvalue weighted by Gasteiger charge is 2.27. The van der Waals surface area contributed by atoms with Crippen molar-refractivity contribution in [2.24, 2.45) is 10.9 Å². The number of nitrogens with zero attached hydrogens (tertiary/aromatic N) is 6. The van der Waals surface area contributed by atoms with Crippen LogP contribution in [0.25, 0.3) is 0 Å². The monoisotopic (exact) mass is 670 g/mol. The zero-order chi connectivity index (χ0) is 32.1. The van der Waals surface area contributed by atoms with Crippen molar-refractivity contribution in [2.45, 2.75) is 63.3 Å². The standard InChI is InChI=1S/C30H38N8O6S2/c1-42-11-12-44-24-8-6-22(32-18-24)16-26(41)34-30-38-36-28(46-30)20-4-2-3-19(13-20)14-27-35-37-29(45-27)33-25(40)15-21-5-7-23(17-31-21)43-10-9-39/h6-8,17-21,39H,2-5,9-16H2,1H3,(H,33,37,40)(H,34,38,41). The molecule has 1 aliphatic carbocycles. The smallest absolute Gasteiger partial charge is 0.232 e. The quantitative estimate of drug-likeness (QED) is 0.189. The number of aromatic nitrogens is 5. The number of aliphatic hydroxyl groups is 1. The van der Waals surface area contributed by atoms with Crippen LogP contribution in [0.1, 0.15) is 60.2 Å². The lowest BCUT2D eigenvalue weighted by Gasteiger charge is -2.26. The molecular formula is C30H38N8O6S2. The Bertz CT molecular complexity index is 1490. The predicted octanol–water partition coefficient (Wildman–Crippen LogP) is 3.57. The lowest BCUT2D eigenvalue weighted by Crippen LogP contribution is -2.20. The number of aliphatic hydroxyl groups excluding tert-OH is 1.